The van der Waals surface area contributed by atoms with Crippen molar-refractivity contribution in [1.29, 1.82) is 0 Å². The second-order valence-electron chi connectivity index (χ2n) is 7.02. The van der Waals surface area contributed by atoms with Crippen LogP contribution in [0.25, 0.3) is 0 Å². The summed E-state index contributed by atoms with van der Waals surface area (Å²) in [6, 6.07) is 15.3. The Bertz CT molecular complexity index is 819. The summed E-state index contributed by atoms with van der Waals surface area (Å²) >= 11 is 0. The molecule has 2 atom stereocenters. The number of ether oxygens (including phenoxy) is 1. The van der Waals surface area contributed by atoms with Crippen molar-refractivity contribution < 1.29 is 14.3 Å². The summed E-state index contributed by atoms with van der Waals surface area (Å²) in [5.74, 6) is 0.548. The highest BCUT2D eigenvalue weighted by molar-refractivity contribution is 5.94. The van der Waals surface area contributed by atoms with E-state index in [1.165, 1.54) is 0 Å². The molecule has 0 aromatic heterocycles. The van der Waals surface area contributed by atoms with Gasteiger partial charge in [-0.2, -0.15) is 0 Å². The van der Waals surface area contributed by atoms with Gasteiger partial charge >= 0.3 is 0 Å². The number of carbonyl (C=O) groups is 2. The van der Waals surface area contributed by atoms with Crippen molar-refractivity contribution in [3.05, 3.63) is 65.2 Å². The molecule has 142 valence electrons. The summed E-state index contributed by atoms with van der Waals surface area (Å²) in [7, 11) is 0. The van der Waals surface area contributed by atoms with Crippen LogP contribution in [0.1, 0.15) is 41.8 Å². The molecule has 0 radical (unpaired) electrons. The summed E-state index contributed by atoms with van der Waals surface area (Å²) in [5, 5.41) is 5.92. The molecule has 5 nitrogen and oxygen atoms in total. The van der Waals surface area contributed by atoms with Crippen molar-refractivity contribution in [2.45, 2.75) is 39.3 Å². The third-order valence-electron chi connectivity index (χ3n) is 4.90. The van der Waals surface area contributed by atoms with E-state index in [0.717, 1.165) is 23.3 Å². The van der Waals surface area contributed by atoms with E-state index in [2.05, 4.69) is 10.6 Å². The largest absolute Gasteiger partial charge is 0.492 e. The Kier molecular flexibility index (Phi) is 6.12. The SMILES string of the molecule is CC[C@H](C)NC(=O)c1cccc(CNC(=O)[C@@H]2COc3ccccc3C2)c1. The van der Waals surface area contributed by atoms with Crippen molar-refractivity contribution >= 4 is 11.8 Å². The zero-order valence-electron chi connectivity index (χ0n) is 15.8. The number of rotatable bonds is 6. The van der Waals surface area contributed by atoms with E-state index in [-0.39, 0.29) is 23.8 Å². The minimum Gasteiger partial charge on any atom is -0.492 e. The smallest absolute Gasteiger partial charge is 0.251 e. The Morgan fingerprint density at radius 3 is 2.81 bits per heavy atom. The van der Waals surface area contributed by atoms with E-state index >= 15 is 0 Å². The van der Waals surface area contributed by atoms with Gasteiger partial charge in [-0.15, -0.1) is 0 Å². The van der Waals surface area contributed by atoms with E-state index < -0.39 is 0 Å². The van der Waals surface area contributed by atoms with E-state index in [1.54, 1.807) is 6.07 Å². The summed E-state index contributed by atoms with van der Waals surface area (Å²) in [6.07, 6.45) is 1.56. The molecule has 0 aliphatic carbocycles. The third-order valence-corrected chi connectivity index (χ3v) is 4.90. The molecular formula is C22H26N2O3. The predicted molar refractivity (Wildman–Crippen MR) is 105 cm³/mol. The summed E-state index contributed by atoms with van der Waals surface area (Å²) in [5.41, 5.74) is 2.57. The lowest BCUT2D eigenvalue weighted by atomic mass is 9.96. The molecule has 1 aliphatic heterocycles. The van der Waals surface area contributed by atoms with Crippen molar-refractivity contribution in [2.24, 2.45) is 5.92 Å². The summed E-state index contributed by atoms with van der Waals surface area (Å²) in [6.45, 7) is 4.79. The second kappa shape index (κ2) is 8.71. The van der Waals surface area contributed by atoms with Crippen molar-refractivity contribution in [1.82, 2.24) is 10.6 Å². The predicted octanol–water partition coefficient (Wildman–Crippen LogP) is 3.08. The topological polar surface area (TPSA) is 67.4 Å². The van der Waals surface area contributed by atoms with Crippen LogP contribution in [0.4, 0.5) is 0 Å². The standard InChI is InChI=1S/C22H26N2O3/c1-3-15(2)24-22(26)18-9-6-7-16(11-18)13-23-21(25)19-12-17-8-4-5-10-20(17)27-14-19/h4-11,15,19H,3,12-14H2,1-2H3,(H,23,25)(H,24,26)/t15-,19-/m0/s1. The summed E-state index contributed by atoms with van der Waals surface area (Å²) in [4.78, 5) is 24.8. The first kappa shape index (κ1) is 19.0. The number of nitrogens with one attached hydrogen (secondary N) is 2. The molecular weight excluding hydrogens is 340 g/mol. The lowest BCUT2D eigenvalue weighted by molar-refractivity contribution is -0.126. The van der Waals surface area contributed by atoms with E-state index in [1.807, 2.05) is 56.3 Å². The number of amides is 2. The lowest BCUT2D eigenvalue weighted by Crippen LogP contribution is -2.37. The molecule has 0 spiro atoms. The first-order valence-corrected chi connectivity index (χ1v) is 9.45. The fraction of sp³-hybridized carbons (Fsp3) is 0.364. The van der Waals surface area contributed by atoms with Gasteiger partial charge in [-0.1, -0.05) is 37.3 Å². The highest BCUT2D eigenvalue weighted by Gasteiger charge is 2.25. The average Bonchev–Trinajstić information content (AvgIpc) is 2.71. The van der Waals surface area contributed by atoms with Gasteiger partial charge in [0, 0.05) is 18.2 Å². The van der Waals surface area contributed by atoms with Crippen LogP contribution < -0.4 is 15.4 Å². The Hall–Kier alpha value is -2.82. The van der Waals surface area contributed by atoms with Crippen LogP contribution in [0.3, 0.4) is 0 Å². The van der Waals surface area contributed by atoms with Crippen LogP contribution in [0.15, 0.2) is 48.5 Å². The Morgan fingerprint density at radius 1 is 1.19 bits per heavy atom. The number of hydrogen-bond acceptors (Lipinski definition) is 3. The molecule has 2 amide bonds. The molecule has 0 fully saturated rings. The van der Waals surface area contributed by atoms with Gasteiger partial charge in [0.15, 0.2) is 0 Å². The van der Waals surface area contributed by atoms with Crippen LogP contribution in [0.2, 0.25) is 0 Å². The van der Waals surface area contributed by atoms with Gasteiger partial charge < -0.3 is 15.4 Å². The van der Waals surface area contributed by atoms with Gasteiger partial charge in [0.25, 0.3) is 5.91 Å². The molecule has 27 heavy (non-hydrogen) atoms. The van der Waals surface area contributed by atoms with Crippen molar-refractivity contribution in [2.75, 3.05) is 6.61 Å². The molecule has 5 heteroatoms. The zero-order valence-corrected chi connectivity index (χ0v) is 15.8. The molecule has 0 bridgehead atoms. The minimum atomic E-state index is -0.197. The van der Waals surface area contributed by atoms with E-state index in [0.29, 0.717) is 25.1 Å². The molecule has 0 unspecified atom stereocenters. The Morgan fingerprint density at radius 2 is 2.00 bits per heavy atom. The van der Waals surface area contributed by atoms with Crippen LogP contribution in [0, 0.1) is 5.92 Å². The van der Waals surface area contributed by atoms with Gasteiger partial charge in [-0.25, -0.2) is 0 Å². The monoisotopic (exact) mass is 366 g/mol. The number of hydrogen-bond donors (Lipinski definition) is 2. The highest BCUT2D eigenvalue weighted by Crippen LogP contribution is 2.26. The number of para-hydroxylation sites is 1. The van der Waals surface area contributed by atoms with Gasteiger partial charge in [0.2, 0.25) is 5.91 Å². The quantitative estimate of drug-likeness (QED) is 0.826. The second-order valence-corrected chi connectivity index (χ2v) is 7.02. The lowest BCUT2D eigenvalue weighted by Gasteiger charge is -2.24. The van der Waals surface area contributed by atoms with Crippen LogP contribution in [-0.2, 0) is 17.8 Å². The van der Waals surface area contributed by atoms with Crippen LogP contribution in [0.5, 0.6) is 5.75 Å². The van der Waals surface area contributed by atoms with E-state index in [4.69, 9.17) is 4.74 Å². The molecule has 2 N–H and O–H groups in total. The minimum absolute atomic E-state index is 0.0287. The molecule has 3 rings (SSSR count). The maximum absolute atomic E-state index is 12.5. The van der Waals surface area contributed by atoms with Crippen LogP contribution in [-0.4, -0.2) is 24.5 Å². The first-order valence-electron chi connectivity index (χ1n) is 9.45. The van der Waals surface area contributed by atoms with E-state index in [9.17, 15) is 9.59 Å². The number of benzene rings is 2. The molecule has 2 aromatic rings. The van der Waals surface area contributed by atoms with Crippen LogP contribution >= 0.6 is 0 Å². The average molecular weight is 366 g/mol. The fourth-order valence-corrected chi connectivity index (χ4v) is 3.06. The molecule has 2 aromatic carbocycles. The van der Waals surface area contributed by atoms with Gasteiger partial charge in [0.05, 0.1) is 5.92 Å². The number of fused-ring (bicyclic) bond motifs is 1. The maximum Gasteiger partial charge on any atom is 0.251 e. The van der Waals surface area contributed by atoms with Gasteiger partial charge in [0.1, 0.15) is 12.4 Å². The number of carbonyl (C=O) groups excluding carboxylic acids is 2. The normalized spacial score (nSPS) is 16.6. The Balaban J connectivity index is 1.56. The molecule has 1 aliphatic rings. The Labute approximate surface area is 160 Å². The third kappa shape index (κ3) is 4.88. The molecule has 0 saturated carbocycles. The highest BCUT2D eigenvalue weighted by atomic mass is 16.5. The zero-order chi connectivity index (χ0) is 19.2. The fourth-order valence-electron chi connectivity index (χ4n) is 3.06. The molecule has 0 saturated heterocycles. The van der Waals surface area contributed by atoms with Crippen molar-refractivity contribution in [3.63, 3.8) is 0 Å². The summed E-state index contributed by atoms with van der Waals surface area (Å²) < 4.78 is 5.69. The maximum atomic E-state index is 12.5. The van der Waals surface area contributed by atoms with Gasteiger partial charge in [-0.3, -0.25) is 9.59 Å². The van der Waals surface area contributed by atoms with Gasteiger partial charge in [-0.05, 0) is 49.1 Å². The molecule has 1 heterocycles. The first-order chi connectivity index (χ1) is 13.1. The van der Waals surface area contributed by atoms with Crippen molar-refractivity contribution in [3.8, 4) is 5.75 Å².